The number of carbonyl (C=O) groups is 1. The van der Waals surface area contributed by atoms with E-state index in [0.717, 1.165) is 0 Å². The maximum Gasteiger partial charge on any atom is 0.253 e. The molecule has 1 unspecified atom stereocenters. The molecule has 0 heterocycles. The van der Waals surface area contributed by atoms with Gasteiger partial charge in [0.1, 0.15) is 0 Å². The summed E-state index contributed by atoms with van der Waals surface area (Å²) in [6, 6.07) is 4.06. The second-order valence-corrected chi connectivity index (χ2v) is 4.05. The molecule has 1 amide bonds. The van der Waals surface area contributed by atoms with Crippen molar-refractivity contribution in [1.82, 2.24) is 4.90 Å². The number of nitrogens with zero attached hydrogens (tertiary/aromatic N) is 1. The number of phenols is 2. The number of nitrogens with two attached hydrogens (primary N) is 1. The van der Waals surface area contributed by atoms with Gasteiger partial charge in [-0.2, -0.15) is 0 Å². The largest absolute Gasteiger partial charge is 0.504 e. The van der Waals surface area contributed by atoms with Crippen LogP contribution in [-0.2, 0) is 0 Å². The predicted octanol–water partition coefficient (Wildman–Crippen LogP) is 0.907. The quantitative estimate of drug-likeness (QED) is 0.680. The highest BCUT2D eigenvalue weighted by molar-refractivity contribution is 5.94. The van der Waals surface area contributed by atoms with Crippen molar-refractivity contribution < 1.29 is 15.0 Å². The van der Waals surface area contributed by atoms with Gasteiger partial charge in [-0.3, -0.25) is 4.79 Å². The van der Waals surface area contributed by atoms with Gasteiger partial charge in [0.15, 0.2) is 11.5 Å². The van der Waals surface area contributed by atoms with Gasteiger partial charge in [0, 0.05) is 18.7 Å². The molecule has 1 atom stereocenters. The Hall–Kier alpha value is -1.75. The SMILES string of the molecule is CC(CCN)N(C)C(=O)c1ccc(O)c(O)c1. The van der Waals surface area contributed by atoms with Crippen LogP contribution in [0.1, 0.15) is 23.7 Å². The molecule has 0 aliphatic heterocycles. The van der Waals surface area contributed by atoms with Crippen molar-refractivity contribution in [2.45, 2.75) is 19.4 Å². The van der Waals surface area contributed by atoms with Crippen LogP contribution in [0.5, 0.6) is 11.5 Å². The minimum absolute atomic E-state index is 0.0310. The van der Waals surface area contributed by atoms with E-state index in [1.807, 2.05) is 6.92 Å². The summed E-state index contributed by atoms with van der Waals surface area (Å²) in [5.41, 5.74) is 5.78. The van der Waals surface area contributed by atoms with Crippen LogP contribution in [0.3, 0.4) is 0 Å². The Morgan fingerprint density at radius 1 is 1.41 bits per heavy atom. The van der Waals surface area contributed by atoms with Gasteiger partial charge in [0.05, 0.1) is 0 Å². The molecule has 94 valence electrons. The molecule has 17 heavy (non-hydrogen) atoms. The van der Waals surface area contributed by atoms with E-state index < -0.39 is 0 Å². The minimum Gasteiger partial charge on any atom is -0.504 e. The summed E-state index contributed by atoms with van der Waals surface area (Å²) < 4.78 is 0. The standard InChI is InChI=1S/C12H18N2O3/c1-8(5-6-13)14(2)12(17)9-3-4-10(15)11(16)7-9/h3-4,7-8,15-16H,5-6,13H2,1-2H3. The van der Waals surface area contributed by atoms with Gasteiger partial charge >= 0.3 is 0 Å². The Morgan fingerprint density at radius 2 is 2.06 bits per heavy atom. The van der Waals surface area contributed by atoms with Crippen LogP contribution < -0.4 is 5.73 Å². The van der Waals surface area contributed by atoms with Gasteiger partial charge in [0.25, 0.3) is 5.91 Å². The van der Waals surface area contributed by atoms with Crippen molar-refractivity contribution in [3.05, 3.63) is 23.8 Å². The van der Waals surface area contributed by atoms with E-state index in [1.54, 1.807) is 11.9 Å². The summed E-state index contributed by atoms with van der Waals surface area (Å²) >= 11 is 0. The third kappa shape index (κ3) is 3.10. The first-order valence-corrected chi connectivity index (χ1v) is 5.46. The number of rotatable bonds is 4. The lowest BCUT2D eigenvalue weighted by Gasteiger charge is -2.24. The molecule has 1 rings (SSSR count). The second-order valence-electron chi connectivity index (χ2n) is 4.05. The first kappa shape index (κ1) is 13.3. The Morgan fingerprint density at radius 3 is 2.59 bits per heavy atom. The third-order valence-corrected chi connectivity index (χ3v) is 2.79. The number of aromatic hydroxyl groups is 2. The molecule has 0 saturated heterocycles. The number of amides is 1. The lowest BCUT2D eigenvalue weighted by atomic mass is 10.1. The summed E-state index contributed by atoms with van der Waals surface area (Å²) in [7, 11) is 1.69. The number of hydrogen-bond acceptors (Lipinski definition) is 4. The second kappa shape index (κ2) is 5.54. The van der Waals surface area contributed by atoms with Crippen molar-refractivity contribution in [2.75, 3.05) is 13.6 Å². The van der Waals surface area contributed by atoms with E-state index in [9.17, 15) is 9.90 Å². The zero-order valence-corrected chi connectivity index (χ0v) is 10.1. The molecule has 0 aromatic heterocycles. The van der Waals surface area contributed by atoms with Crippen LogP contribution in [0.25, 0.3) is 0 Å². The molecule has 0 spiro atoms. The topological polar surface area (TPSA) is 86.8 Å². The molecular weight excluding hydrogens is 220 g/mol. The number of hydrogen-bond donors (Lipinski definition) is 3. The lowest BCUT2D eigenvalue weighted by molar-refractivity contribution is 0.0738. The van der Waals surface area contributed by atoms with Crippen molar-refractivity contribution in [3.63, 3.8) is 0 Å². The molecule has 0 aliphatic carbocycles. The van der Waals surface area contributed by atoms with Crippen LogP contribution >= 0.6 is 0 Å². The highest BCUT2D eigenvalue weighted by Crippen LogP contribution is 2.25. The molecule has 4 N–H and O–H groups in total. The van der Waals surface area contributed by atoms with E-state index in [4.69, 9.17) is 10.8 Å². The third-order valence-electron chi connectivity index (χ3n) is 2.79. The smallest absolute Gasteiger partial charge is 0.253 e. The van der Waals surface area contributed by atoms with Crippen LogP contribution in [0.4, 0.5) is 0 Å². The fourth-order valence-electron chi connectivity index (χ4n) is 1.50. The Kier molecular flexibility index (Phi) is 4.34. The zero-order chi connectivity index (χ0) is 13.0. The zero-order valence-electron chi connectivity index (χ0n) is 10.1. The molecular formula is C12H18N2O3. The van der Waals surface area contributed by atoms with Gasteiger partial charge in [-0.25, -0.2) is 0 Å². The van der Waals surface area contributed by atoms with E-state index in [-0.39, 0.29) is 23.4 Å². The molecule has 0 fully saturated rings. The summed E-state index contributed by atoms with van der Waals surface area (Å²) in [4.78, 5) is 13.6. The Balaban J connectivity index is 2.85. The Bertz CT molecular complexity index is 407. The maximum atomic E-state index is 12.0. The summed E-state index contributed by atoms with van der Waals surface area (Å²) in [6.45, 7) is 2.42. The van der Waals surface area contributed by atoms with Gasteiger partial charge < -0.3 is 20.8 Å². The van der Waals surface area contributed by atoms with Gasteiger partial charge in [-0.1, -0.05) is 0 Å². The van der Waals surface area contributed by atoms with Gasteiger partial charge in [-0.05, 0) is 38.1 Å². The highest BCUT2D eigenvalue weighted by atomic mass is 16.3. The van der Waals surface area contributed by atoms with E-state index in [0.29, 0.717) is 18.5 Å². The molecule has 5 heteroatoms. The highest BCUT2D eigenvalue weighted by Gasteiger charge is 2.17. The van der Waals surface area contributed by atoms with E-state index >= 15 is 0 Å². The summed E-state index contributed by atoms with van der Waals surface area (Å²) in [5.74, 6) is -0.740. The Labute approximate surface area is 100 Å². The average Bonchev–Trinajstić information content (AvgIpc) is 2.31. The first-order valence-electron chi connectivity index (χ1n) is 5.46. The lowest BCUT2D eigenvalue weighted by Crippen LogP contribution is -2.36. The van der Waals surface area contributed by atoms with Crippen LogP contribution in [0, 0.1) is 0 Å². The maximum absolute atomic E-state index is 12.0. The van der Waals surface area contributed by atoms with E-state index in [2.05, 4.69) is 0 Å². The molecule has 0 aliphatic rings. The molecule has 5 nitrogen and oxygen atoms in total. The van der Waals surface area contributed by atoms with Crippen molar-refractivity contribution in [2.24, 2.45) is 5.73 Å². The average molecular weight is 238 g/mol. The summed E-state index contributed by atoms with van der Waals surface area (Å²) in [5, 5.41) is 18.5. The number of benzene rings is 1. The fraction of sp³-hybridized carbons (Fsp3) is 0.417. The molecule has 1 aromatic carbocycles. The van der Waals surface area contributed by atoms with Crippen LogP contribution in [-0.4, -0.2) is 40.7 Å². The van der Waals surface area contributed by atoms with Crippen LogP contribution in [0.2, 0.25) is 0 Å². The van der Waals surface area contributed by atoms with Crippen molar-refractivity contribution in [1.29, 1.82) is 0 Å². The van der Waals surface area contributed by atoms with Crippen LogP contribution in [0.15, 0.2) is 18.2 Å². The molecule has 0 radical (unpaired) electrons. The fourth-order valence-corrected chi connectivity index (χ4v) is 1.50. The monoisotopic (exact) mass is 238 g/mol. The predicted molar refractivity (Wildman–Crippen MR) is 65.0 cm³/mol. The number of carbonyl (C=O) groups excluding carboxylic acids is 1. The minimum atomic E-state index is -0.296. The van der Waals surface area contributed by atoms with Crippen molar-refractivity contribution >= 4 is 5.91 Å². The normalized spacial score (nSPS) is 12.2. The van der Waals surface area contributed by atoms with Crippen molar-refractivity contribution in [3.8, 4) is 11.5 Å². The molecule has 0 saturated carbocycles. The van der Waals surface area contributed by atoms with E-state index in [1.165, 1.54) is 18.2 Å². The molecule has 0 bridgehead atoms. The number of phenolic OH excluding ortho intramolecular Hbond substituents is 2. The first-order chi connectivity index (χ1) is 7.97. The summed E-state index contributed by atoms with van der Waals surface area (Å²) in [6.07, 6.45) is 0.715. The van der Waals surface area contributed by atoms with Gasteiger partial charge in [0.2, 0.25) is 0 Å². The van der Waals surface area contributed by atoms with Gasteiger partial charge in [-0.15, -0.1) is 0 Å². The molecule has 1 aromatic rings.